The third-order valence-electron chi connectivity index (χ3n) is 5.79. The Hall–Kier alpha value is -5.04. The summed E-state index contributed by atoms with van der Waals surface area (Å²) in [6, 6.07) is 17.0. The van der Waals surface area contributed by atoms with Gasteiger partial charge in [-0.1, -0.05) is 36.4 Å². The zero-order chi connectivity index (χ0) is 34.7. The maximum Gasteiger partial charge on any atom is 0.490 e. The van der Waals surface area contributed by atoms with Crippen LogP contribution >= 0.6 is 0 Å². The molecule has 0 saturated carbocycles. The number of carbonyl (C=O) groups excluding carboxylic acids is 1. The van der Waals surface area contributed by atoms with Crippen LogP contribution in [0.25, 0.3) is 11.1 Å². The fourth-order valence-corrected chi connectivity index (χ4v) is 4.92. The van der Waals surface area contributed by atoms with Crippen LogP contribution in [0.2, 0.25) is 0 Å². The van der Waals surface area contributed by atoms with E-state index in [-0.39, 0.29) is 10.8 Å². The second kappa shape index (κ2) is 15.8. The van der Waals surface area contributed by atoms with Gasteiger partial charge in [-0.15, -0.1) is 0 Å². The van der Waals surface area contributed by atoms with E-state index in [0.29, 0.717) is 19.5 Å². The third-order valence-corrected chi connectivity index (χ3v) is 7.28. The highest BCUT2D eigenvalue weighted by atomic mass is 32.2. The predicted molar refractivity (Wildman–Crippen MR) is 149 cm³/mol. The lowest BCUT2D eigenvalue weighted by Crippen LogP contribution is -2.41. The number of carbonyl (C=O) groups is 3. The highest BCUT2D eigenvalue weighted by molar-refractivity contribution is 7.89. The number of amides is 1. The largest absolute Gasteiger partial charge is 0.490 e. The van der Waals surface area contributed by atoms with Crippen molar-refractivity contribution in [3.63, 3.8) is 0 Å². The van der Waals surface area contributed by atoms with Crippen LogP contribution in [-0.2, 0) is 31.0 Å². The molecule has 2 aromatic carbocycles. The number of aromatic nitrogens is 1. The number of likely N-dealkylation sites (tertiary alicyclic amines) is 1. The molecule has 0 aliphatic carbocycles. The van der Waals surface area contributed by atoms with Crippen molar-refractivity contribution in [3.05, 3.63) is 84.2 Å². The lowest BCUT2D eigenvalue weighted by atomic mass is 10.1. The van der Waals surface area contributed by atoms with Crippen LogP contribution in [0, 0.1) is 0 Å². The van der Waals surface area contributed by atoms with Gasteiger partial charge in [0.1, 0.15) is 6.04 Å². The quantitative estimate of drug-likeness (QED) is 0.126. The topological polar surface area (TPSA) is 192 Å². The monoisotopic (exact) mass is 677 g/mol. The molecular weight excluding hydrogens is 652 g/mol. The summed E-state index contributed by atoms with van der Waals surface area (Å²) in [5.74, 6) is -0.555. The van der Waals surface area contributed by atoms with E-state index in [2.05, 4.69) is 14.8 Å². The van der Waals surface area contributed by atoms with Gasteiger partial charge in [0.05, 0.1) is 11.1 Å². The normalized spacial score (nSPS) is 15.0. The molecule has 248 valence electrons. The molecule has 5 N–H and O–H groups in total. The molecule has 2 heterocycles. The van der Waals surface area contributed by atoms with Gasteiger partial charge in [0.15, 0.2) is 0 Å². The first-order valence-corrected chi connectivity index (χ1v) is 14.1. The second-order valence-electron chi connectivity index (χ2n) is 9.12. The number of rotatable bonds is 7. The maximum atomic E-state index is 12.8. The van der Waals surface area contributed by atoms with Gasteiger partial charge in [0.25, 0.3) is 0 Å². The highest BCUT2D eigenvalue weighted by Crippen LogP contribution is 2.22. The van der Waals surface area contributed by atoms with Crippen molar-refractivity contribution in [2.24, 2.45) is 10.9 Å². The van der Waals surface area contributed by atoms with Gasteiger partial charge < -0.3 is 21.0 Å². The van der Waals surface area contributed by atoms with Crippen LogP contribution in [0.15, 0.2) is 83.1 Å². The molecule has 0 radical (unpaired) electrons. The summed E-state index contributed by atoms with van der Waals surface area (Å²) in [6.07, 6.45) is -4.83. The summed E-state index contributed by atoms with van der Waals surface area (Å²) in [5, 5.41) is 17.8. The first kappa shape index (κ1) is 37.1. The fourth-order valence-electron chi connectivity index (χ4n) is 3.70. The number of pyridine rings is 1. The minimum Gasteiger partial charge on any atom is -0.475 e. The average molecular weight is 678 g/mol. The number of hydrogen-bond donors (Lipinski definition) is 4. The van der Waals surface area contributed by atoms with E-state index in [1.807, 2.05) is 36.4 Å². The molecule has 3 aromatic rings. The zero-order valence-electron chi connectivity index (χ0n) is 23.2. The van der Waals surface area contributed by atoms with E-state index in [0.717, 1.165) is 22.3 Å². The Morgan fingerprint density at radius 1 is 0.978 bits per heavy atom. The summed E-state index contributed by atoms with van der Waals surface area (Å²) in [6.45, 7) is 0.865. The van der Waals surface area contributed by atoms with E-state index < -0.39 is 40.4 Å². The van der Waals surface area contributed by atoms with Gasteiger partial charge in [-0.2, -0.15) is 36.2 Å². The molecule has 12 nitrogen and oxygen atoms in total. The minimum absolute atomic E-state index is 0.116. The zero-order valence-corrected chi connectivity index (χ0v) is 24.1. The standard InChI is InChI=1S/C23H23N5O3S.2C2HF3O2/c24-26-14-17-3-1-4-18(13-17)16-28-12-10-22(23(28)29)27-32(30,31)21-8-6-19(7-9-21)20-5-2-11-25-15-20;2*3-2(4,5)1(6)7/h1-9,11,13-15,22,27H,10,12,16,24H2;2*(H,6,7)/t22-;;/m0../s1. The van der Waals surface area contributed by atoms with Crippen LogP contribution in [0.3, 0.4) is 0 Å². The molecule has 0 unspecified atom stereocenters. The number of hydrogen-bond acceptors (Lipinski definition) is 8. The third kappa shape index (κ3) is 11.5. The summed E-state index contributed by atoms with van der Waals surface area (Å²) >= 11 is 0. The average Bonchev–Trinajstić information content (AvgIpc) is 3.31. The summed E-state index contributed by atoms with van der Waals surface area (Å²) in [5.41, 5.74) is 3.52. The number of nitrogens with one attached hydrogen (secondary N) is 1. The van der Waals surface area contributed by atoms with Crippen molar-refractivity contribution < 1.29 is 59.4 Å². The van der Waals surface area contributed by atoms with Crippen LogP contribution in [0.4, 0.5) is 26.3 Å². The SMILES string of the molecule is NN=Cc1cccc(CN2CC[C@H](NS(=O)(=O)c3ccc(-c4cccnc4)cc3)C2=O)c1.O=C(O)C(F)(F)F.O=C(O)C(F)(F)F. The van der Waals surface area contributed by atoms with E-state index in [1.54, 1.807) is 29.4 Å². The van der Waals surface area contributed by atoms with Crippen molar-refractivity contribution >= 4 is 34.1 Å². The molecule has 1 aliphatic heterocycles. The lowest BCUT2D eigenvalue weighted by molar-refractivity contribution is -0.193. The number of nitrogens with zero attached hydrogens (tertiary/aromatic N) is 3. The Kier molecular flexibility index (Phi) is 12.8. The fraction of sp³-hybridized carbons (Fsp3) is 0.222. The van der Waals surface area contributed by atoms with Crippen LogP contribution < -0.4 is 10.6 Å². The number of carboxylic acids is 2. The molecular formula is C27H25F6N5O7S. The van der Waals surface area contributed by atoms with E-state index in [4.69, 9.17) is 25.6 Å². The van der Waals surface area contributed by atoms with Gasteiger partial charge in [-0.05, 0) is 52.9 Å². The Labute approximate surface area is 257 Å². The Bertz CT molecular complexity index is 1610. The Morgan fingerprint density at radius 2 is 1.57 bits per heavy atom. The van der Waals surface area contributed by atoms with Crippen molar-refractivity contribution in [1.82, 2.24) is 14.6 Å². The molecule has 1 saturated heterocycles. The summed E-state index contributed by atoms with van der Waals surface area (Å²) < 4.78 is 91.7. The van der Waals surface area contributed by atoms with Crippen LogP contribution in [0.5, 0.6) is 0 Å². The summed E-state index contributed by atoms with van der Waals surface area (Å²) in [7, 11) is -3.83. The molecule has 1 aliphatic rings. The Balaban J connectivity index is 0.000000440. The molecule has 4 rings (SSSR count). The van der Waals surface area contributed by atoms with Gasteiger partial charge >= 0.3 is 24.3 Å². The number of aliphatic carboxylic acids is 2. The molecule has 1 atom stereocenters. The minimum atomic E-state index is -5.08. The Morgan fingerprint density at radius 3 is 2.07 bits per heavy atom. The maximum absolute atomic E-state index is 12.8. The number of benzene rings is 2. The number of hydrazone groups is 1. The molecule has 46 heavy (non-hydrogen) atoms. The highest BCUT2D eigenvalue weighted by Gasteiger charge is 2.39. The molecule has 19 heteroatoms. The van der Waals surface area contributed by atoms with Gasteiger partial charge in [0.2, 0.25) is 15.9 Å². The van der Waals surface area contributed by atoms with Gasteiger partial charge in [0, 0.05) is 25.5 Å². The number of carboxylic acid groups (broad SMARTS) is 2. The molecule has 0 spiro atoms. The van der Waals surface area contributed by atoms with Crippen LogP contribution in [0.1, 0.15) is 17.5 Å². The van der Waals surface area contributed by atoms with Gasteiger partial charge in [-0.3, -0.25) is 9.78 Å². The van der Waals surface area contributed by atoms with E-state index in [9.17, 15) is 39.6 Å². The first-order chi connectivity index (χ1) is 21.3. The van der Waals surface area contributed by atoms with Crippen LogP contribution in [-0.4, -0.2) is 77.5 Å². The molecule has 1 fully saturated rings. The first-order valence-electron chi connectivity index (χ1n) is 12.6. The summed E-state index contributed by atoms with van der Waals surface area (Å²) in [4.78, 5) is 36.4. The number of alkyl halides is 6. The van der Waals surface area contributed by atoms with Crippen molar-refractivity contribution in [3.8, 4) is 11.1 Å². The molecule has 1 aromatic heterocycles. The smallest absolute Gasteiger partial charge is 0.475 e. The number of nitrogens with two attached hydrogens (primary N) is 1. The second-order valence-corrected chi connectivity index (χ2v) is 10.8. The number of halogens is 6. The predicted octanol–water partition coefficient (Wildman–Crippen LogP) is 3.39. The molecule has 0 bridgehead atoms. The van der Waals surface area contributed by atoms with E-state index >= 15 is 0 Å². The van der Waals surface area contributed by atoms with Crippen molar-refractivity contribution in [1.29, 1.82) is 0 Å². The molecule has 1 amide bonds. The van der Waals surface area contributed by atoms with Crippen molar-refractivity contribution in [2.75, 3.05) is 6.54 Å². The number of sulfonamides is 1. The van der Waals surface area contributed by atoms with Crippen molar-refractivity contribution in [2.45, 2.75) is 36.3 Å². The lowest BCUT2D eigenvalue weighted by Gasteiger charge is -2.17. The van der Waals surface area contributed by atoms with E-state index in [1.165, 1.54) is 18.3 Å². The van der Waals surface area contributed by atoms with Gasteiger partial charge in [-0.25, -0.2) is 18.0 Å².